The van der Waals surface area contributed by atoms with Crippen LogP contribution in [0.3, 0.4) is 0 Å². The molecule has 0 rings (SSSR count). The first-order valence-electron chi connectivity index (χ1n) is 12.9. The minimum absolute atomic E-state index is 0.0560. The highest BCUT2D eigenvalue weighted by atomic mass is 16.5. The first-order chi connectivity index (χ1) is 13.7. The van der Waals surface area contributed by atoms with Gasteiger partial charge in [-0.1, -0.05) is 124 Å². The molecule has 0 aromatic heterocycles. The number of unbranched alkanes of at least 4 members (excludes halogenated alkanes) is 12. The summed E-state index contributed by atoms with van der Waals surface area (Å²) < 4.78 is 5.66. The molecule has 2 heteroatoms. The Morgan fingerprint density at radius 1 is 0.607 bits per heavy atom. The third-order valence-electron chi connectivity index (χ3n) is 6.24. The Hall–Kier alpha value is -0.530. The van der Waals surface area contributed by atoms with Crippen LogP contribution in [0.4, 0.5) is 0 Å². The zero-order valence-electron chi connectivity index (χ0n) is 19.9. The second kappa shape index (κ2) is 21.2. The van der Waals surface area contributed by atoms with Gasteiger partial charge in [-0.05, 0) is 25.2 Å². The van der Waals surface area contributed by atoms with Crippen LogP contribution in [0, 0.1) is 11.8 Å². The Labute approximate surface area is 177 Å². The molecule has 0 aliphatic heterocycles. The number of ether oxygens (including phenoxy) is 1. The second-order valence-electron chi connectivity index (χ2n) is 8.83. The topological polar surface area (TPSA) is 26.3 Å². The second-order valence-corrected chi connectivity index (χ2v) is 8.83. The summed E-state index contributed by atoms with van der Waals surface area (Å²) in [6, 6.07) is 0. The van der Waals surface area contributed by atoms with Gasteiger partial charge in [0.25, 0.3) is 0 Å². The summed E-state index contributed by atoms with van der Waals surface area (Å²) in [6.45, 7) is 9.46. The summed E-state index contributed by atoms with van der Waals surface area (Å²) in [5.74, 6) is 0.723. The summed E-state index contributed by atoms with van der Waals surface area (Å²) >= 11 is 0. The molecule has 0 aliphatic rings. The number of hydrogen-bond acceptors (Lipinski definition) is 2. The van der Waals surface area contributed by atoms with Crippen molar-refractivity contribution < 1.29 is 9.53 Å². The Bertz CT molecular complexity index is 326. The number of carbonyl (C=O) groups is 1. The van der Waals surface area contributed by atoms with Crippen LogP contribution in [0.5, 0.6) is 0 Å². The highest BCUT2D eigenvalue weighted by molar-refractivity contribution is 5.72. The minimum Gasteiger partial charge on any atom is -0.465 e. The fourth-order valence-electron chi connectivity index (χ4n) is 3.94. The standard InChI is InChI=1S/C26H52O2/c1-5-9-11-12-13-14-15-16-17-18-19-20-22-25(8-4)26(27)28-23-24(7-3)21-10-6-2/h24-25H,5-23H2,1-4H3. The lowest BCUT2D eigenvalue weighted by molar-refractivity contribution is -0.150. The van der Waals surface area contributed by atoms with Crippen molar-refractivity contribution in [2.24, 2.45) is 11.8 Å². The molecule has 28 heavy (non-hydrogen) atoms. The molecule has 168 valence electrons. The molecule has 0 heterocycles. The van der Waals surface area contributed by atoms with E-state index < -0.39 is 0 Å². The summed E-state index contributed by atoms with van der Waals surface area (Å²) in [5, 5.41) is 0. The Morgan fingerprint density at radius 3 is 1.57 bits per heavy atom. The third kappa shape index (κ3) is 16.4. The number of hydrogen-bond donors (Lipinski definition) is 0. The molecule has 0 bridgehead atoms. The van der Waals surface area contributed by atoms with Gasteiger partial charge in [-0.3, -0.25) is 4.79 Å². The van der Waals surface area contributed by atoms with Crippen LogP contribution in [0.15, 0.2) is 0 Å². The van der Waals surface area contributed by atoms with E-state index in [4.69, 9.17) is 4.74 Å². The normalized spacial score (nSPS) is 13.4. The lowest BCUT2D eigenvalue weighted by Crippen LogP contribution is -2.21. The molecular weight excluding hydrogens is 344 g/mol. The van der Waals surface area contributed by atoms with Crippen molar-refractivity contribution in [3.8, 4) is 0 Å². The third-order valence-corrected chi connectivity index (χ3v) is 6.24. The van der Waals surface area contributed by atoms with Gasteiger partial charge in [-0.15, -0.1) is 0 Å². The average Bonchev–Trinajstić information content (AvgIpc) is 2.71. The highest BCUT2D eigenvalue weighted by Gasteiger charge is 2.19. The fourth-order valence-corrected chi connectivity index (χ4v) is 3.94. The van der Waals surface area contributed by atoms with Gasteiger partial charge in [-0.25, -0.2) is 0 Å². The molecule has 0 spiro atoms. The van der Waals surface area contributed by atoms with Crippen LogP contribution in [0.2, 0.25) is 0 Å². The number of carbonyl (C=O) groups excluding carboxylic acids is 1. The van der Waals surface area contributed by atoms with Crippen LogP contribution in [0.1, 0.15) is 143 Å². The van der Waals surface area contributed by atoms with Gasteiger partial charge in [0, 0.05) is 0 Å². The van der Waals surface area contributed by atoms with Gasteiger partial charge in [0.2, 0.25) is 0 Å². The molecule has 0 fully saturated rings. The van der Waals surface area contributed by atoms with E-state index in [9.17, 15) is 4.79 Å². The van der Waals surface area contributed by atoms with Crippen molar-refractivity contribution in [2.75, 3.05) is 6.61 Å². The molecule has 2 nitrogen and oxygen atoms in total. The molecule has 2 atom stereocenters. The predicted molar refractivity (Wildman–Crippen MR) is 124 cm³/mol. The van der Waals surface area contributed by atoms with E-state index in [1.165, 1.54) is 96.3 Å². The molecule has 2 unspecified atom stereocenters. The Kier molecular flexibility index (Phi) is 20.8. The van der Waals surface area contributed by atoms with Crippen LogP contribution < -0.4 is 0 Å². The van der Waals surface area contributed by atoms with Crippen molar-refractivity contribution in [1.82, 2.24) is 0 Å². The van der Waals surface area contributed by atoms with Crippen molar-refractivity contribution in [3.05, 3.63) is 0 Å². The van der Waals surface area contributed by atoms with Gasteiger partial charge in [0.15, 0.2) is 0 Å². The first-order valence-corrected chi connectivity index (χ1v) is 12.9. The van der Waals surface area contributed by atoms with E-state index in [2.05, 4.69) is 27.7 Å². The fraction of sp³-hybridized carbons (Fsp3) is 0.962. The van der Waals surface area contributed by atoms with E-state index in [0.29, 0.717) is 12.5 Å². The van der Waals surface area contributed by atoms with Gasteiger partial charge in [0.1, 0.15) is 0 Å². The molecule has 0 N–H and O–H groups in total. The van der Waals surface area contributed by atoms with Crippen molar-refractivity contribution >= 4 is 5.97 Å². The zero-order valence-corrected chi connectivity index (χ0v) is 19.9. The zero-order chi connectivity index (χ0) is 20.9. The van der Waals surface area contributed by atoms with Crippen molar-refractivity contribution in [2.45, 2.75) is 143 Å². The van der Waals surface area contributed by atoms with Crippen LogP contribution in [-0.2, 0) is 9.53 Å². The van der Waals surface area contributed by atoms with E-state index in [-0.39, 0.29) is 11.9 Å². The molecule has 0 amide bonds. The van der Waals surface area contributed by atoms with Crippen LogP contribution >= 0.6 is 0 Å². The summed E-state index contributed by atoms with van der Waals surface area (Å²) in [4.78, 5) is 12.4. The lowest BCUT2D eigenvalue weighted by Gasteiger charge is -2.18. The maximum Gasteiger partial charge on any atom is 0.308 e. The van der Waals surface area contributed by atoms with E-state index in [0.717, 1.165) is 19.3 Å². The molecule has 0 saturated carbocycles. The highest BCUT2D eigenvalue weighted by Crippen LogP contribution is 2.19. The van der Waals surface area contributed by atoms with Crippen molar-refractivity contribution in [3.63, 3.8) is 0 Å². The molecule has 0 radical (unpaired) electrons. The molecule has 0 aromatic rings. The molecular formula is C26H52O2. The summed E-state index contributed by atoms with van der Waals surface area (Å²) in [6.07, 6.45) is 23.1. The first kappa shape index (κ1) is 27.5. The number of rotatable bonds is 21. The summed E-state index contributed by atoms with van der Waals surface area (Å²) in [5.41, 5.74) is 0. The smallest absolute Gasteiger partial charge is 0.308 e. The Balaban J connectivity index is 3.64. The maximum absolute atomic E-state index is 12.4. The molecule has 0 aromatic carbocycles. The van der Waals surface area contributed by atoms with Crippen LogP contribution in [-0.4, -0.2) is 12.6 Å². The van der Waals surface area contributed by atoms with Gasteiger partial charge in [0.05, 0.1) is 12.5 Å². The van der Waals surface area contributed by atoms with Crippen molar-refractivity contribution in [1.29, 1.82) is 0 Å². The predicted octanol–water partition coefficient (Wildman–Crippen LogP) is 8.86. The lowest BCUT2D eigenvalue weighted by atomic mass is 9.97. The summed E-state index contributed by atoms with van der Waals surface area (Å²) in [7, 11) is 0. The minimum atomic E-state index is 0.0560. The number of esters is 1. The van der Waals surface area contributed by atoms with Gasteiger partial charge in [-0.2, -0.15) is 0 Å². The largest absolute Gasteiger partial charge is 0.465 e. The van der Waals surface area contributed by atoms with Gasteiger partial charge >= 0.3 is 5.97 Å². The quantitative estimate of drug-likeness (QED) is 0.143. The average molecular weight is 397 g/mol. The maximum atomic E-state index is 12.4. The van der Waals surface area contributed by atoms with Gasteiger partial charge < -0.3 is 4.74 Å². The molecule has 0 saturated heterocycles. The van der Waals surface area contributed by atoms with E-state index >= 15 is 0 Å². The Morgan fingerprint density at radius 2 is 1.11 bits per heavy atom. The SMILES string of the molecule is CCCCCCCCCCCCCCC(CC)C(=O)OCC(CC)CCCC. The van der Waals surface area contributed by atoms with E-state index in [1.807, 2.05) is 0 Å². The monoisotopic (exact) mass is 396 g/mol. The molecule has 0 aliphatic carbocycles. The van der Waals surface area contributed by atoms with Crippen LogP contribution in [0.25, 0.3) is 0 Å². The van der Waals surface area contributed by atoms with E-state index in [1.54, 1.807) is 0 Å².